The lowest BCUT2D eigenvalue weighted by atomic mass is 10.2. The van der Waals surface area contributed by atoms with E-state index in [9.17, 15) is 4.79 Å². The molecule has 1 fully saturated rings. The molecule has 1 saturated heterocycles. The number of aromatic nitrogens is 2. The molecule has 0 saturated carbocycles. The van der Waals surface area contributed by atoms with Crippen LogP contribution in [0.5, 0.6) is 0 Å². The van der Waals surface area contributed by atoms with Gasteiger partial charge in [-0.1, -0.05) is 0 Å². The van der Waals surface area contributed by atoms with Crippen molar-refractivity contribution in [2.24, 2.45) is 5.73 Å². The fourth-order valence-corrected chi connectivity index (χ4v) is 3.41. The fourth-order valence-electron chi connectivity index (χ4n) is 3.41. The van der Waals surface area contributed by atoms with E-state index in [0.717, 1.165) is 30.8 Å². The lowest BCUT2D eigenvalue weighted by Gasteiger charge is -2.23. The summed E-state index contributed by atoms with van der Waals surface area (Å²) in [7, 11) is 0. The number of anilines is 3. The van der Waals surface area contributed by atoms with Crippen molar-refractivity contribution in [1.82, 2.24) is 9.97 Å². The summed E-state index contributed by atoms with van der Waals surface area (Å²) in [5, 5.41) is 2.91. The molecule has 134 valence electrons. The van der Waals surface area contributed by atoms with Crippen LogP contribution in [0.3, 0.4) is 0 Å². The standard InChI is InChI=1S/C18H20N6O2/c1-10-7-21-8-12(16(10)24-6-4-11(19)9-24)23-18(25)14-15-13(26-17(14)20)3-2-5-22-15/h2-3,5,7-8,11H,4,6,9,19-20H2,1H3,(H,23,25)/t11-/m0/s1. The van der Waals surface area contributed by atoms with E-state index in [0.29, 0.717) is 16.8 Å². The summed E-state index contributed by atoms with van der Waals surface area (Å²) in [6.45, 7) is 3.55. The number of amides is 1. The summed E-state index contributed by atoms with van der Waals surface area (Å²) in [5.74, 6) is -0.335. The summed E-state index contributed by atoms with van der Waals surface area (Å²) in [6, 6.07) is 3.58. The van der Waals surface area contributed by atoms with Gasteiger partial charge in [0.15, 0.2) is 5.58 Å². The first kappa shape index (κ1) is 16.3. The Morgan fingerprint density at radius 3 is 3.04 bits per heavy atom. The van der Waals surface area contributed by atoms with Crippen molar-refractivity contribution in [3.8, 4) is 0 Å². The van der Waals surface area contributed by atoms with Crippen molar-refractivity contribution in [3.63, 3.8) is 0 Å². The Bertz CT molecular complexity index is 983. The van der Waals surface area contributed by atoms with Gasteiger partial charge in [-0.3, -0.25) is 14.8 Å². The molecule has 1 amide bonds. The van der Waals surface area contributed by atoms with Crippen molar-refractivity contribution in [3.05, 3.63) is 41.9 Å². The summed E-state index contributed by atoms with van der Waals surface area (Å²) in [5.41, 5.74) is 15.6. The number of aryl methyl sites for hydroxylation is 1. The molecular weight excluding hydrogens is 332 g/mol. The number of furan rings is 1. The van der Waals surface area contributed by atoms with Crippen LogP contribution in [0.4, 0.5) is 17.3 Å². The Labute approximate surface area is 150 Å². The lowest BCUT2D eigenvalue weighted by Crippen LogP contribution is -2.28. The van der Waals surface area contributed by atoms with Crippen molar-refractivity contribution in [1.29, 1.82) is 0 Å². The Morgan fingerprint density at radius 1 is 1.42 bits per heavy atom. The van der Waals surface area contributed by atoms with Crippen LogP contribution in [0.2, 0.25) is 0 Å². The van der Waals surface area contributed by atoms with Crippen LogP contribution in [0.25, 0.3) is 11.1 Å². The van der Waals surface area contributed by atoms with Crippen molar-refractivity contribution in [2.45, 2.75) is 19.4 Å². The largest absolute Gasteiger partial charge is 0.438 e. The summed E-state index contributed by atoms with van der Waals surface area (Å²) >= 11 is 0. The van der Waals surface area contributed by atoms with Gasteiger partial charge in [0, 0.05) is 31.5 Å². The number of pyridine rings is 2. The Hall–Kier alpha value is -3.13. The van der Waals surface area contributed by atoms with Gasteiger partial charge < -0.3 is 26.1 Å². The fraction of sp³-hybridized carbons (Fsp3) is 0.278. The number of carbonyl (C=O) groups is 1. The highest BCUT2D eigenvalue weighted by Gasteiger charge is 2.26. The van der Waals surface area contributed by atoms with Gasteiger partial charge in [0.2, 0.25) is 5.88 Å². The van der Waals surface area contributed by atoms with E-state index >= 15 is 0 Å². The molecule has 8 nitrogen and oxygen atoms in total. The van der Waals surface area contributed by atoms with Gasteiger partial charge in [0.05, 0.1) is 17.6 Å². The highest BCUT2D eigenvalue weighted by molar-refractivity contribution is 6.15. The Kier molecular flexibility index (Phi) is 3.96. The highest BCUT2D eigenvalue weighted by atomic mass is 16.3. The van der Waals surface area contributed by atoms with Gasteiger partial charge in [-0.25, -0.2) is 0 Å². The summed E-state index contributed by atoms with van der Waals surface area (Å²) in [4.78, 5) is 23.5. The Balaban J connectivity index is 1.70. The van der Waals surface area contributed by atoms with E-state index < -0.39 is 0 Å². The minimum Gasteiger partial charge on any atom is -0.438 e. The molecule has 4 heterocycles. The molecule has 1 aliphatic rings. The topological polar surface area (TPSA) is 123 Å². The second-order valence-corrected chi connectivity index (χ2v) is 6.49. The number of carbonyl (C=O) groups excluding carboxylic acids is 1. The van der Waals surface area contributed by atoms with E-state index in [2.05, 4.69) is 20.2 Å². The first-order valence-electron chi connectivity index (χ1n) is 8.44. The smallest absolute Gasteiger partial charge is 0.263 e. The Morgan fingerprint density at radius 2 is 2.27 bits per heavy atom. The number of rotatable bonds is 3. The normalized spacial score (nSPS) is 17.0. The molecule has 26 heavy (non-hydrogen) atoms. The zero-order valence-electron chi connectivity index (χ0n) is 14.4. The van der Waals surface area contributed by atoms with Gasteiger partial charge in [-0.05, 0) is 31.0 Å². The van der Waals surface area contributed by atoms with Gasteiger partial charge >= 0.3 is 0 Å². The first-order valence-corrected chi connectivity index (χ1v) is 8.44. The minimum absolute atomic E-state index is 0.0431. The molecule has 5 N–H and O–H groups in total. The predicted octanol–water partition coefficient (Wildman–Crippen LogP) is 1.90. The maximum atomic E-state index is 12.9. The number of hydrogen-bond acceptors (Lipinski definition) is 7. The summed E-state index contributed by atoms with van der Waals surface area (Å²) < 4.78 is 5.44. The quantitative estimate of drug-likeness (QED) is 0.658. The number of fused-ring (bicyclic) bond motifs is 1. The lowest BCUT2D eigenvalue weighted by molar-refractivity contribution is 0.102. The zero-order chi connectivity index (χ0) is 18.3. The molecule has 0 bridgehead atoms. The van der Waals surface area contributed by atoms with Crippen LogP contribution in [-0.4, -0.2) is 35.0 Å². The minimum atomic E-state index is -0.378. The average Bonchev–Trinajstić information content (AvgIpc) is 3.17. The first-order chi connectivity index (χ1) is 12.5. The average molecular weight is 352 g/mol. The van der Waals surface area contributed by atoms with Crippen LogP contribution in [0, 0.1) is 6.92 Å². The molecule has 4 rings (SSSR count). The SMILES string of the molecule is Cc1cncc(NC(=O)c2c(N)oc3cccnc23)c1N1CC[C@H](N)C1. The van der Waals surface area contributed by atoms with E-state index in [1.54, 1.807) is 30.7 Å². The van der Waals surface area contributed by atoms with Gasteiger partial charge in [-0.2, -0.15) is 0 Å². The molecule has 1 aliphatic heterocycles. The third-order valence-corrected chi connectivity index (χ3v) is 4.59. The monoisotopic (exact) mass is 352 g/mol. The number of hydrogen-bond donors (Lipinski definition) is 3. The van der Waals surface area contributed by atoms with Gasteiger partial charge in [0.1, 0.15) is 11.1 Å². The van der Waals surface area contributed by atoms with E-state index in [4.69, 9.17) is 15.9 Å². The summed E-state index contributed by atoms with van der Waals surface area (Å²) in [6.07, 6.45) is 5.92. The van der Waals surface area contributed by atoms with E-state index in [1.807, 2.05) is 6.92 Å². The van der Waals surface area contributed by atoms with Crippen molar-refractivity contribution < 1.29 is 9.21 Å². The molecule has 0 unspecified atom stereocenters. The van der Waals surface area contributed by atoms with Gasteiger partial charge in [0.25, 0.3) is 5.91 Å². The molecule has 3 aromatic rings. The number of nitrogen functional groups attached to an aromatic ring is 1. The molecular formula is C18H20N6O2. The maximum absolute atomic E-state index is 12.9. The van der Waals surface area contributed by atoms with E-state index in [1.165, 1.54) is 0 Å². The maximum Gasteiger partial charge on any atom is 0.263 e. The molecule has 0 spiro atoms. The number of nitrogens with one attached hydrogen (secondary N) is 1. The van der Waals surface area contributed by atoms with Crippen molar-refractivity contribution in [2.75, 3.05) is 29.0 Å². The third-order valence-electron chi connectivity index (χ3n) is 4.59. The highest BCUT2D eigenvalue weighted by Crippen LogP contribution is 2.33. The molecule has 3 aromatic heterocycles. The zero-order valence-corrected chi connectivity index (χ0v) is 14.4. The van der Waals surface area contributed by atoms with Crippen LogP contribution in [-0.2, 0) is 0 Å². The molecule has 0 radical (unpaired) electrons. The third kappa shape index (κ3) is 2.74. The second kappa shape index (κ2) is 6.30. The molecule has 8 heteroatoms. The molecule has 0 aromatic carbocycles. The number of nitrogens with two attached hydrogens (primary N) is 2. The van der Waals surface area contributed by atoms with Crippen LogP contribution < -0.4 is 21.7 Å². The predicted molar refractivity (Wildman–Crippen MR) is 100 cm³/mol. The second-order valence-electron chi connectivity index (χ2n) is 6.49. The van der Waals surface area contributed by atoms with Crippen molar-refractivity contribution >= 4 is 34.3 Å². The van der Waals surface area contributed by atoms with Crippen LogP contribution in [0.1, 0.15) is 22.3 Å². The van der Waals surface area contributed by atoms with Crippen LogP contribution in [0.15, 0.2) is 35.1 Å². The van der Waals surface area contributed by atoms with Gasteiger partial charge in [-0.15, -0.1) is 0 Å². The van der Waals surface area contributed by atoms with Crippen LogP contribution >= 0.6 is 0 Å². The molecule has 0 aliphatic carbocycles. The van der Waals surface area contributed by atoms with E-state index in [-0.39, 0.29) is 23.4 Å². The molecule has 1 atom stereocenters. The number of nitrogens with zero attached hydrogens (tertiary/aromatic N) is 3.